The summed E-state index contributed by atoms with van der Waals surface area (Å²) in [5, 5.41) is 0.552. The van der Waals surface area contributed by atoms with Gasteiger partial charge in [0.2, 0.25) is 0 Å². The Labute approximate surface area is 125 Å². The number of aryl methyl sites for hydroxylation is 1. The van der Waals surface area contributed by atoms with Crippen molar-refractivity contribution in [3.05, 3.63) is 34.4 Å². The van der Waals surface area contributed by atoms with Crippen molar-refractivity contribution in [3.63, 3.8) is 0 Å². The standard InChI is InChI=1S/C15H22N2O3Si/c1-16-6-5-14-13(15(16)19)9-12(10-18)17(14)11-20-7-8-21(2,3)4/h5-6,9-10H,7-8,11H2,1-4H3. The fourth-order valence-corrected chi connectivity index (χ4v) is 2.91. The fraction of sp³-hybridized carbons (Fsp3) is 0.467. The van der Waals surface area contributed by atoms with Crippen LogP contribution in [0.25, 0.3) is 10.9 Å². The zero-order valence-corrected chi connectivity index (χ0v) is 14.0. The Balaban J connectivity index is 2.25. The van der Waals surface area contributed by atoms with E-state index in [0.717, 1.165) is 17.8 Å². The molecule has 0 saturated carbocycles. The van der Waals surface area contributed by atoms with Gasteiger partial charge in [0.15, 0.2) is 6.29 Å². The molecular weight excluding hydrogens is 284 g/mol. The Morgan fingerprint density at radius 2 is 2.05 bits per heavy atom. The summed E-state index contributed by atoms with van der Waals surface area (Å²) in [4.78, 5) is 23.3. The largest absolute Gasteiger partial charge is 0.361 e. The number of carbonyl (C=O) groups excluding carboxylic acids is 1. The van der Waals surface area contributed by atoms with Crippen LogP contribution < -0.4 is 5.56 Å². The molecular formula is C15H22N2O3Si. The second-order valence-corrected chi connectivity index (χ2v) is 12.1. The molecule has 0 N–H and O–H groups in total. The number of nitrogens with zero attached hydrogens (tertiary/aromatic N) is 2. The van der Waals surface area contributed by atoms with Crippen molar-refractivity contribution in [3.8, 4) is 0 Å². The van der Waals surface area contributed by atoms with Crippen molar-refractivity contribution >= 4 is 25.3 Å². The molecule has 6 heteroatoms. The van der Waals surface area contributed by atoms with Crippen LogP contribution in [-0.4, -0.2) is 30.1 Å². The first-order chi connectivity index (χ1) is 9.83. The maximum Gasteiger partial charge on any atom is 0.259 e. The third-order valence-corrected chi connectivity index (χ3v) is 5.22. The number of aromatic nitrogens is 2. The van der Waals surface area contributed by atoms with Crippen LogP contribution in [-0.2, 0) is 18.5 Å². The summed E-state index contributed by atoms with van der Waals surface area (Å²) in [5.41, 5.74) is 1.12. The first-order valence-corrected chi connectivity index (χ1v) is 10.8. The number of rotatable bonds is 6. The molecule has 0 bridgehead atoms. The fourth-order valence-electron chi connectivity index (χ4n) is 2.15. The monoisotopic (exact) mass is 306 g/mol. The lowest BCUT2D eigenvalue weighted by Gasteiger charge is -2.16. The lowest BCUT2D eigenvalue weighted by Crippen LogP contribution is -2.22. The van der Waals surface area contributed by atoms with E-state index in [1.54, 1.807) is 23.9 Å². The molecule has 0 aliphatic heterocycles. The van der Waals surface area contributed by atoms with Gasteiger partial charge >= 0.3 is 0 Å². The molecule has 0 atom stereocenters. The van der Waals surface area contributed by atoms with Gasteiger partial charge in [-0.3, -0.25) is 9.59 Å². The molecule has 0 radical (unpaired) electrons. The van der Waals surface area contributed by atoms with Gasteiger partial charge in [0.25, 0.3) is 5.56 Å². The van der Waals surface area contributed by atoms with Gasteiger partial charge in [0.05, 0.1) is 16.6 Å². The van der Waals surface area contributed by atoms with E-state index >= 15 is 0 Å². The lowest BCUT2D eigenvalue weighted by molar-refractivity contribution is 0.0863. The average Bonchev–Trinajstić information content (AvgIpc) is 2.76. The van der Waals surface area contributed by atoms with Gasteiger partial charge in [-0.25, -0.2) is 0 Å². The molecule has 0 saturated heterocycles. The highest BCUT2D eigenvalue weighted by atomic mass is 28.3. The van der Waals surface area contributed by atoms with Crippen LogP contribution in [0.1, 0.15) is 10.5 Å². The molecule has 2 aromatic heterocycles. The molecule has 2 aromatic rings. The molecule has 0 unspecified atom stereocenters. The highest BCUT2D eigenvalue weighted by Gasteiger charge is 2.14. The van der Waals surface area contributed by atoms with Gasteiger partial charge in [-0.15, -0.1) is 0 Å². The molecule has 0 fully saturated rings. The zero-order chi connectivity index (χ0) is 15.6. The van der Waals surface area contributed by atoms with Crippen LogP contribution in [0.3, 0.4) is 0 Å². The number of hydrogen-bond donors (Lipinski definition) is 0. The summed E-state index contributed by atoms with van der Waals surface area (Å²) in [7, 11) is 0.570. The highest BCUT2D eigenvalue weighted by molar-refractivity contribution is 6.76. The highest BCUT2D eigenvalue weighted by Crippen LogP contribution is 2.16. The Kier molecular flexibility index (Phi) is 4.48. The van der Waals surface area contributed by atoms with Crippen LogP contribution in [0.2, 0.25) is 25.7 Å². The van der Waals surface area contributed by atoms with Crippen LogP contribution in [0.15, 0.2) is 23.1 Å². The maximum absolute atomic E-state index is 12.1. The smallest absolute Gasteiger partial charge is 0.259 e. The van der Waals surface area contributed by atoms with E-state index in [-0.39, 0.29) is 5.56 Å². The zero-order valence-electron chi connectivity index (χ0n) is 13.0. The molecule has 0 aliphatic carbocycles. The first-order valence-electron chi connectivity index (χ1n) is 7.05. The van der Waals surface area contributed by atoms with Crippen molar-refractivity contribution in [2.24, 2.45) is 7.05 Å². The lowest BCUT2D eigenvalue weighted by atomic mass is 10.3. The minimum absolute atomic E-state index is 0.101. The van der Waals surface area contributed by atoms with Crippen molar-refractivity contribution in [2.75, 3.05) is 6.61 Å². The molecule has 0 amide bonds. The molecule has 0 aromatic carbocycles. The van der Waals surface area contributed by atoms with Crippen molar-refractivity contribution < 1.29 is 9.53 Å². The number of pyridine rings is 1. The Bertz CT molecular complexity index is 710. The molecule has 0 spiro atoms. The molecule has 21 heavy (non-hydrogen) atoms. The summed E-state index contributed by atoms with van der Waals surface area (Å²) in [6, 6.07) is 4.54. The summed E-state index contributed by atoms with van der Waals surface area (Å²) in [6.07, 6.45) is 2.47. The third-order valence-electron chi connectivity index (χ3n) is 3.51. The van der Waals surface area contributed by atoms with E-state index in [2.05, 4.69) is 19.6 Å². The predicted molar refractivity (Wildman–Crippen MR) is 86.7 cm³/mol. The topological polar surface area (TPSA) is 53.2 Å². The van der Waals surface area contributed by atoms with E-state index < -0.39 is 8.07 Å². The van der Waals surface area contributed by atoms with E-state index in [4.69, 9.17) is 4.74 Å². The van der Waals surface area contributed by atoms with Crippen molar-refractivity contribution in [2.45, 2.75) is 32.4 Å². The van der Waals surface area contributed by atoms with Crippen molar-refractivity contribution in [1.29, 1.82) is 0 Å². The minimum Gasteiger partial charge on any atom is -0.361 e. The van der Waals surface area contributed by atoms with Gasteiger partial charge in [0.1, 0.15) is 6.73 Å². The Morgan fingerprint density at radius 1 is 1.33 bits per heavy atom. The molecule has 2 heterocycles. The second-order valence-electron chi connectivity index (χ2n) is 6.49. The van der Waals surface area contributed by atoms with Gasteiger partial charge in [-0.05, 0) is 18.2 Å². The van der Waals surface area contributed by atoms with Gasteiger partial charge in [0, 0.05) is 27.9 Å². The molecule has 0 aliphatic rings. The van der Waals surface area contributed by atoms with E-state index in [1.165, 1.54) is 4.57 Å². The van der Waals surface area contributed by atoms with Gasteiger partial charge in [-0.1, -0.05) is 19.6 Å². The van der Waals surface area contributed by atoms with E-state index in [0.29, 0.717) is 24.4 Å². The quantitative estimate of drug-likeness (QED) is 0.468. The Hall–Kier alpha value is -1.66. The number of aldehydes is 1. The van der Waals surface area contributed by atoms with E-state index in [1.807, 2.05) is 6.07 Å². The molecule has 5 nitrogen and oxygen atoms in total. The van der Waals surface area contributed by atoms with Crippen LogP contribution >= 0.6 is 0 Å². The van der Waals surface area contributed by atoms with Gasteiger partial charge in [-0.2, -0.15) is 0 Å². The molecule has 2 rings (SSSR count). The normalized spacial score (nSPS) is 12.0. The van der Waals surface area contributed by atoms with Crippen molar-refractivity contribution in [1.82, 2.24) is 9.13 Å². The summed E-state index contributed by atoms with van der Waals surface area (Å²) < 4.78 is 8.97. The maximum atomic E-state index is 12.1. The van der Waals surface area contributed by atoms with E-state index in [9.17, 15) is 9.59 Å². The van der Waals surface area contributed by atoms with Crippen LogP contribution in [0.5, 0.6) is 0 Å². The molecule has 114 valence electrons. The van der Waals surface area contributed by atoms with Crippen LogP contribution in [0.4, 0.5) is 0 Å². The third kappa shape index (κ3) is 3.51. The SMILES string of the molecule is Cn1ccc2c(cc(C=O)n2COCC[Si](C)(C)C)c1=O. The van der Waals surface area contributed by atoms with Crippen LogP contribution in [0, 0.1) is 0 Å². The predicted octanol–water partition coefficient (Wildman–Crippen LogP) is 2.46. The summed E-state index contributed by atoms with van der Waals surface area (Å²) in [6.45, 7) is 7.86. The average molecular weight is 306 g/mol. The first kappa shape index (κ1) is 15.7. The summed E-state index contributed by atoms with van der Waals surface area (Å²) >= 11 is 0. The summed E-state index contributed by atoms with van der Waals surface area (Å²) in [5.74, 6) is 0. The second kappa shape index (κ2) is 5.99. The number of ether oxygens (including phenoxy) is 1. The number of fused-ring (bicyclic) bond motifs is 1. The Morgan fingerprint density at radius 3 is 2.67 bits per heavy atom. The minimum atomic E-state index is -1.13. The number of hydrogen-bond acceptors (Lipinski definition) is 3. The number of carbonyl (C=O) groups is 1. The van der Waals surface area contributed by atoms with Gasteiger partial charge < -0.3 is 13.9 Å².